The van der Waals surface area contributed by atoms with Crippen LogP contribution in [-0.4, -0.2) is 48.6 Å². The van der Waals surface area contributed by atoms with Crippen molar-refractivity contribution in [2.24, 2.45) is 22.2 Å². The molecule has 0 saturated carbocycles. The summed E-state index contributed by atoms with van der Waals surface area (Å²) in [5, 5.41) is 0. The smallest absolute Gasteiger partial charge is 0.328 e. The predicted octanol–water partition coefficient (Wildman–Crippen LogP) is 1.78. The van der Waals surface area contributed by atoms with Crippen LogP contribution in [0.25, 0.3) is 0 Å². The van der Waals surface area contributed by atoms with Crippen LogP contribution in [-0.2, 0) is 19.1 Å². The van der Waals surface area contributed by atoms with Gasteiger partial charge in [-0.2, -0.15) is 4.99 Å². The van der Waals surface area contributed by atoms with Gasteiger partial charge < -0.3 is 9.64 Å². The topological polar surface area (TPSA) is 76.0 Å². The first-order valence-electron chi connectivity index (χ1n) is 7.58. The molecular weight excluding hydrogens is 284 g/mol. The molecule has 0 bridgehead atoms. The van der Waals surface area contributed by atoms with Crippen molar-refractivity contribution >= 4 is 18.0 Å². The molecule has 22 heavy (non-hydrogen) atoms. The molecule has 0 N–H and O–H groups in total. The van der Waals surface area contributed by atoms with Gasteiger partial charge in [0.15, 0.2) is 0 Å². The number of isocyanates is 1. The Bertz CT molecular complexity index is 475. The van der Waals surface area contributed by atoms with Crippen LogP contribution in [0.2, 0.25) is 0 Å². The zero-order chi connectivity index (χ0) is 17.1. The lowest BCUT2D eigenvalue weighted by Gasteiger charge is -2.31. The highest BCUT2D eigenvalue weighted by atomic mass is 16.5. The van der Waals surface area contributed by atoms with E-state index in [1.165, 1.54) is 18.1 Å². The van der Waals surface area contributed by atoms with Crippen molar-refractivity contribution in [3.63, 3.8) is 0 Å². The van der Waals surface area contributed by atoms with Gasteiger partial charge in [0, 0.05) is 6.54 Å². The Kier molecular flexibility index (Phi) is 5.89. The number of hydrogen-bond donors (Lipinski definition) is 0. The molecule has 1 rings (SSSR count). The van der Waals surface area contributed by atoms with Gasteiger partial charge in [-0.25, -0.2) is 9.59 Å². The van der Waals surface area contributed by atoms with Crippen molar-refractivity contribution in [1.82, 2.24) is 4.90 Å². The number of hydrogen-bond acceptors (Lipinski definition) is 5. The standard InChI is InChI=1S/C16H26N2O4/c1-10(2)11-7-12(15(21)22-6)18(8-11)14(20)13(17-9-19)16(3,4)5/h10-13H,7-8H2,1-6H3/t11-,12?,13-/m1/s1. The third kappa shape index (κ3) is 3.95. The molecular formula is C16H26N2O4. The van der Waals surface area contributed by atoms with Crippen LogP contribution in [0.5, 0.6) is 0 Å². The molecule has 0 aromatic rings. The number of nitrogens with zero attached hydrogens (tertiary/aromatic N) is 2. The molecule has 1 saturated heterocycles. The molecule has 0 aliphatic carbocycles. The Hall–Kier alpha value is -1.68. The molecule has 0 aromatic heterocycles. The molecule has 6 nitrogen and oxygen atoms in total. The van der Waals surface area contributed by atoms with E-state index >= 15 is 0 Å². The minimum atomic E-state index is -0.844. The molecule has 1 amide bonds. The molecule has 0 radical (unpaired) electrons. The third-order valence-corrected chi connectivity index (χ3v) is 4.27. The average Bonchev–Trinajstić information content (AvgIpc) is 2.87. The van der Waals surface area contributed by atoms with Gasteiger partial charge >= 0.3 is 5.97 Å². The summed E-state index contributed by atoms with van der Waals surface area (Å²) in [6.45, 7) is 10.1. The minimum absolute atomic E-state index is 0.230. The number of amides is 1. The molecule has 0 spiro atoms. The quantitative estimate of drug-likeness (QED) is 0.450. The van der Waals surface area contributed by atoms with Crippen molar-refractivity contribution in [2.75, 3.05) is 13.7 Å². The van der Waals surface area contributed by atoms with Gasteiger partial charge in [-0.05, 0) is 23.7 Å². The van der Waals surface area contributed by atoms with Crippen molar-refractivity contribution in [2.45, 2.75) is 53.1 Å². The van der Waals surface area contributed by atoms with Crippen LogP contribution in [0.1, 0.15) is 41.0 Å². The second kappa shape index (κ2) is 7.05. The van der Waals surface area contributed by atoms with Gasteiger partial charge in [-0.1, -0.05) is 34.6 Å². The van der Waals surface area contributed by atoms with E-state index in [2.05, 4.69) is 18.8 Å². The largest absolute Gasteiger partial charge is 0.467 e. The lowest BCUT2D eigenvalue weighted by atomic mass is 9.86. The van der Waals surface area contributed by atoms with Gasteiger partial charge in [0.2, 0.25) is 12.0 Å². The zero-order valence-electron chi connectivity index (χ0n) is 14.3. The first-order chi connectivity index (χ1) is 10.1. The fourth-order valence-electron chi connectivity index (χ4n) is 2.78. The molecule has 0 aromatic carbocycles. The number of rotatable bonds is 4. The van der Waals surface area contributed by atoms with Crippen molar-refractivity contribution in [1.29, 1.82) is 0 Å². The summed E-state index contributed by atoms with van der Waals surface area (Å²) >= 11 is 0. The van der Waals surface area contributed by atoms with Gasteiger partial charge in [-0.15, -0.1) is 0 Å². The van der Waals surface area contributed by atoms with E-state index in [0.29, 0.717) is 18.9 Å². The predicted molar refractivity (Wildman–Crippen MR) is 81.8 cm³/mol. The summed E-state index contributed by atoms with van der Waals surface area (Å²) in [7, 11) is 1.32. The Balaban J connectivity index is 3.10. The Labute approximate surface area is 131 Å². The van der Waals surface area contributed by atoms with Gasteiger partial charge in [0.05, 0.1) is 7.11 Å². The lowest BCUT2D eigenvalue weighted by molar-refractivity contribution is -0.152. The first-order valence-corrected chi connectivity index (χ1v) is 7.58. The summed E-state index contributed by atoms with van der Waals surface area (Å²) in [5.41, 5.74) is -0.523. The van der Waals surface area contributed by atoms with E-state index in [4.69, 9.17) is 4.74 Å². The lowest BCUT2D eigenvalue weighted by Crippen LogP contribution is -2.49. The maximum absolute atomic E-state index is 12.8. The van der Waals surface area contributed by atoms with E-state index < -0.39 is 23.5 Å². The number of methoxy groups -OCH3 is 1. The zero-order valence-corrected chi connectivity index (χ0v) is 14.3. The first kappa shape index (κ1) is 18.4. The van der Waals surface area contributed by atoms with Crippen LogP contribution < -0.4 is 0 Å². The molecule has 6 heteroatoms. The highest BCUT2D eigenvalue weighted by Gasteiger charge is 2.45. The SMILES string of the molecule is COC(=O)C1C[C@@H](C(C)C)CN1C(=O)[C@@H](N=C=O)C(C)(C)C. The van der Waals surface area contributed by atoms with Crippen LogP contribution in [0.15, 0.2) is 4.99 Å². The summed E-state index contributed by atoms with van der Waals surface area (Å²) in [4.78, 5) is 40.7. The molecule has 1 fully saturated rings. The van der Waals surface area contributed by atoms with Crippen molar-refractivity contribution in [3.05, 3.63) is 0 Å². The van der Waals surface area contributed by atoms with Gasteiger partial charge in [0.25, 0.3) is 0 Å². The molecule has 1 unspecified atom stereocenters. The Morgan fingerprint density at radius 2 is 1.91 bits per heavy atom. The normalized spacial score (nSPS) is 23.1. The summed E-state index contributed by atoms with van der Waals surface area (Å²) < 4.78 is 4.83. The van der Waals surface area contributed by atoms with Crippen molar-refractivity contribution in [3.8, 4) is 0 Å². The Morgan fingerprint density at radius 3 is 2.32 bits per heavy atom. The second-order valence-corrected chi connectivity index (χ2v) is 7.26. The van der Waals surface area contributed by atoms with E-state index in [1.807, 2.05) is 20.8 Å². The van der Waals surface area contributed by atoms with Crippen LogP contribution in [0.4, 0.5) is 0 Å². The van der Waals surface area contributed by atoms with Gasteiger partial charge in [-0.3, -0.25) is 4.79 Å². The van der Waals surface area contributed by atoms with E-state index in [-0.39, 0.29) is 11.8 Å². The fraction of sp³-hybridized carbons (Fsp3) is 0.812. The highest BCUT2D eigenvalue weighted by molar-refractivity contribution is 5.89. The number of carbonyl (C=O) groups is 2. The summed E-state index contributed by atoms with van der Waals surface area (Å²) in [6, 6.07) is -1.44. The molecule has 1 aliphatic rings. The number of carbonyl (C=O) groups excluding carboxylic acids is 3. The molecule has 1 aliphatic heterocycles. The van der Waals surface area contributed by atoms with Crippen LogP contribution >= 0.6 is 0 Å². The van der Waals surface area contributed by atoms with Crippen molar-refractivity contribution < 1.29 is 19.1 Å². The van der Waals surface area contributed by atoms with Crippen LogP contribution in [0, 0.1) is 17.3 Å². The number of likely N-dealkylation sites (tertiary alicyclic amines) is 1. The summed E-state index contributed by atoms with van der Waals surface area (Å²) in [6.07, 6.45) is 2.06. The van der Waals surface area contributed by atoms with E-state index in [1.54, 1.807) is 0 Å². The minimum Gasteiger partial charge on any atom is -0.467 e. The fourth-order valence-corrected chi connectivity index (χ4v) is 2.78. The van der Waals surface area contributed by atoms with Crippen LogP contribution in [0.3, 0.4) is 0 Å². The van der Waals surface area contributed by atoms with E-state index in [9.17, 15) is 14.4 Å². The maximum atomic E-state index is 12.8. The Morgan fingerprint density at radius 1 is 1.32 bits per heavy atom. The molecule has 3 atom stereocenters. The monoisotopic (exact) mass is 310 g/mol. The third-order valence-electron chi connectivity index (χ3n) is 4.27. The van der Waals surface area contributed by atoms with E-state index in [0.717, 1.165) is 0 Å². The second-order valence-electron chi connectivity index (χ2n) is 7.26. The van der Waals surface area contributed by atoms with Gasteiger partial charge in [0.1, 0.15) is 12.1 Å². The maximum Gasteiger partial charge on any atom is 0.328 e. The average molecular weight is 310 g/mol. The molecule has 1 heterocycles. The number of aliphatic imine (C=N–C) groups is 1. The number of ether oxygens (including phenoxy) is 1. The molecule has 124 valence electrons. The number of esters is 1. The highest BCUT2D eigenvalue weighted by Crippen LogP contribution is 2.33. The summed E-state index contributed by atoms with van der Waals surface area (Å²) in [5.74, 6) is -0.143.